The molecule has 21 heavy (non-hydrogen) atoms. The van der Waals surface area contributed by atoms with Gasteiger partial charge >= 0.3 is 0 Å². The zero-order chi connectivity index (χ0) is 15.9. The molecule has 7 nitrogen and oxygen atoms in total. The molecule has 0 aromatic rings. The van der Waals surface area contributed by atoms with Crippen molar-refractivity contribution >= 4 is 20.0 Å². The minimum atomic E-state index is -3.61. The van der Waals surface area contributed by atoms with Crippen molar-refractivity contribution in [3.05, 3.63) is 0 Å². The Hall–Kier alpha value is -0.220. The van der Waals surface area contributed by atoms with Gasteiger partial charge < -0.3 is 5.32 Å². The lowest BCUT2D eigenvalue weighted by Gasteiger charge is -2.26. The lowest BCUT2D eigenvalue weighted by Crippen LogP contribution is -2.48. The third-order valence-corrected chi connectivity index (χ3v) is 6.90. The van der Waals surface area contributed by atoms with Crippen LogP contribution in [0.15, 0.2) is 0 Å². The summed E-state index contributed by atoms with van der Waals surface area (Å²) in [6.45, 7) is 4.18. The van der Waals surface area contributed by atoms with E-state index in [9.17, 15) is 16.8 Å². The van der Waals surface area contributed by atoms with Crippen molar-refractivity contribution in [1.82, 2.24) is 14.3 Å². The van der Waals surface area contributed by atoms with Crippen LogP contribution >= 0.6 is 0 Å². The summed E-state index contributed by atoms with van der Waals surface area (Å²) in [6, 6.07) is -0.505. The number of nitrogens with one attached hydrogen (secondary N) is 2. The van der Waals surface area contributed by atoms with E-state index in [1.165, 1.54) is 11.4 Å². The Labute approximate surface area is 128 Å². The minimum Gasteiger partial charge on any atom is -0.317 e. The standard InChI is InChI=1S/C12H27N3O4S2/c1-3-7-13-8-5-9-15(2)21(18,19)14-12-6-4-10-20(16,17)11-12/h12-14H,3-11H2,1-2H3. The number of hydrogen-bond donors (Lipinski definition) is 2. The Balaban J connectivity index is 2.41. The quantitative estimate of drug-likeness (QED) is 0.562. The first kappa shape index (κ1) is 18.8. The fraction of sp³-hybridized carbons (Fsp3) is 1.00. The predicted molar refractivity (Wildman–Crippen MR) is 84.1 cm³/mol. The molecule has 0 aromatic carbocycles. The van der Waals surface area contributed by atoms with Crippen molar-refractivity contribution in [2.24, 2.45) is 0 Å². The summed E-state index contributed by atoms with van der Waals surface area (Å²) in [7, 11) is -5.21. The van der Waals surface area contributed by atoms with E-state index in [2.05, 4.69) is 17.0 Å². The first-order valence-electron chi connectivity index (χ1n) is 7.41. The van der Waals surface area contributed by atoms with Crippen molar-refractivity contribution in [3.63, 3.8) is 0 Å². The molecule has 1 heterocycles. The van der Waals surface area contributed by atoms with E-state index in [1.807, 2.05) is 0 Å². The van der Waals surface area contributed by atoms with Gasteiger partial charge in [0.1, 0.15) is 0 Å². The smallest absolute Gasteiger partial charge is 0.279 e. The van der Waals surface area contributed by atoms with Crippen LogP contribution in [0.25, 0.3) is 0 Å². The van der Waals surface area contributed by atoms with Crippen LogP contribution in [-0.2, 0) is 20.0 Å². The monoisotopic (exact) mass is 341 g/mol. The van der Waals surface area contributed by atoms with Crippen molar-refractivity contribution in [3.8, 4) is 0 Å². The molecule has 1 saturated heterocycles. The molecule has 1 atom stereocenters. The summed E-state index contributed by atoms with van der Waals surface area (Å²) in [5.74, 6) is 0.0578. The highest BCUT2D eigenvalue weighted by molar-refractivity contribution is 7.91. The SMILES string of the molecule is CCCNCCCN(C)S(=O)(=O)NC1CCCS(=O)(=O)C1. The fourth-order valence-corrected chi connectivity index (χ4v) is 5.18. The van der Waals surface area contributed by atoms with Crippen molar-refractivity contribution in [2.75, 3.05) is 38.2 Å². The molecule has 0 amide bonds. The normalized spacial score (nSPS) is 22.5. The average molecular weight is 341 g/mol. The van der Waals surface area contributed by atoms with E-state index in [4.69, 9.17) is 0 Å². The lowest BCUT2D eigenvalue weighted by atomic mass is 10.2. The van der Waals surface area contributed by atoms with Crippen LogP contribution in [0.3, 0.4) is 0 Å². The van der Waals surface area contributed by atoms with Crippen molar-refractivity contribution < 1.29 is 16.8 Å². The molecular weight excluding hydrogens is 314 g/mol. The maximum absolute atomic E-state index is 12.1. The van der Waals surface area contributed by atoms with Gasteiger partial charge in [0.25, 0.3) is 10.2 Å². The molecule has 1 aliphatic heterocycles. The second-order valence-corrected chi connectivity index (χ2v) is 9.54. The van der Waals surface area contributed by atoms with Gasteiger partial charge in [-0.25, -0.2) is 8.42 Å². The molecule has 0 saturated carbocycles. The Kier molecular flexibility index (Phi) is 7.55. The highest BCUT2D eigenvalue weighted by atomic mass is 32.2. The van der Waals surface area contributed by atoms with Gasteiger partial charge in [-0.1, -0.05) is 6.92 Å². The fourth-order valence-electron chi connectivity index (χ4n) is 2.27. The van der Waals surface area contributed by atoms with E-state index >= 15 is 0 Å². The molecule has 126 valence electrons. The molecule has 9 heteroatoms. The molecule has 0 aliphatic carbocycles. The zero-order valence-corrected chi connectivity index (χ0v) is 14.5. The number of rotatable bonds is 9. The first-order valence-corrected chi connectivity index (χ1v) is 10.7. The molecule has 2 N–H and O–H groups in total. The van der Waals surface area contributed by atoms with Crippen LogP contribution in [0.4, 0.5) is 0 Å². The van der Waals surface area contributed by atoms with E-state index in [0.29, 0.717) is 19.4 Å². The summed E-state index contributed by atoms with van der Waals surface area (Å²) in [6.07, 6.45) is 2.86. The average Bonchev–Trinajstić information content (AvgIpc) is 2.36. The van der Waals surface area contributed by atoms with Crippen LogP contribution in [-0.4, -0.2) is 65.4 Å². The molecule has 0 aromatic heterocycles. The molecule has 1 fully saturated rings. The molecule has 0 spiro atoms. The van der Waals surface area contributed by atoms with E-state index < -0.39 is 26.1 Å². The highest BCUT2D eigenvalue weighted by Crippen LogP contribution is 2.13. The van der Waals surface area contributed by atoms with Crippen LogP contribution in [0.5, 0.6) is 0 Å². The summed E-state index contributed by atoms with van der Waals surface area (Å²) in [4.78, 5) is 0. The first-order chi connectivity index (χ1) is 9.77. The Morgan fingerprint density at radius 1 is 1.29 bits per heavy atom. The van der Waals surface area contributed by atoms with E-state index in [1.54, 1.807) is 0 Å². The third-order valence-electron chi connectivity index (χ3n) is 3.44. The van der Waals surface area contributed by atoms with Crippen LogP contribution < -0.4 is 10.0 Å². The predicted octanol–water partition coefficient (Wildman–Crippen LogP) is -0.280. The van der Waals surface area contributed by atoms with E-state index in [0.717, 1.165) is 25.9 Å². The summed E-state index contributed by atoms with van der Waals surface area (Å²) in [5, 5.41) is 3.21. The summed E-state index contributed by atoms with van der Waals surface area (Å²) < 4.78 is 51.1. The molecule has 1 rings (SSSR count). The third kappa shape index (κ3) is 7.05. The maximum atomic E-state index is 12.1. The van der Waals surface area contributed by atoms with Gasteiger partial charge in [-0.3, -0.25) is 0 Å². The Morgan fingerprint density at radius 2 is 2.00 bits per heavy atom. The molecule has 1 unspecified atom stereocenters. The molecular formula is C12H27N3O4S2. The molecule has 1 aliphatic rings. The largest absolute Gasteiger partial charge is 0.317 e. The zero-order valence-electron chi connectivity index (χ0n) is 12.8. The maximum Gasteiger partial charge on any atom is 0.279 e. The van der Waals surface area contributed by atoms with Crippen molar-refractivity contribution in [1.29, 1.82) is 0 Å². The van der Waals surface area contributed by atoms with Gasteiger partial charge in [-0.05, 0) is 38.8 Å². The molecule has 0 bridgehead atoms. The van der Waals surface area contributed by atoms with Crippen molar-refractivity contribution in [2.45, 2.75) is 38.6 Å². The van der Waals surface area contributed by atoms with Crippen LogP contribution in [0, 0.1) is 0 Å². The van der Waals surface area contributed by atoms with Gasteiger partial charge in [0, 0.05) is 19.6 Å². The van der Waals surface area contributed by atoms with Gasteiger partial charge in [0.15, 0.2) is 9.84 Å². The van der Waals surface area contributed by atoms with Crippen LogP contribution in [0.1, 0.15) is 32.6 Å². The topological polar surface area (TPSA) is 95.6 Å². The van der Waals surface area contributed by atoms with E-state index in [-0.39, 0.29) is 11.5 Å². The minimum absolute atomic E-state index is 0.0991. The van der Waals surface area contributed by atoms with Gasteiger partial charge in [0.2, 0.25) is 0 Å². The lowest BCUT2D eigenvalue weighted by molar-refractivity contribution is 0.431. The highest BCUT2D eigenvalue weighted by Gasteiger charge is 2.29. The molecule has 0 radical (unpaired) electrons. The number of nitrogens with zero attached hydrogens (tertiary/aromatic N) is 1. The Bertz CT molecular complexity index is 505. The second-order valence-electron chi connectivity index (χ2n) is 5.50. The number of hydrogen-bond acceptors (Lipinski definition) is 5. The second kappa shape index (κ2) is 8.42. The van der Waals surface area contributed by atoms with Gasteiger partial charge in [-0.2, -0.15) is 17.4 Å². The van der Waals surface area contributed by atoms with Crippen LogP contribution in [0.2, 0.25) is 0 Å². The van der Waals surface area contributed by atoms with Gasteiger partial charge in [0.05, 0.1) is 11.5 Å². The number of sulfone groups is 1. The summed E-state index contributed by atoms with van der Waals surface area (Å²) in [5.41, 5.74) is 0. The Morgan fingerprint density at radius 3 is 2.62 bits per heavy atom. The summed E-state index contributed by atoms with van der Waals surface area (Å²) >= 11 is 0. The van der Waals surface area contributed by atoms with Gasteiger partial charge in [-0.15, -0.1) is 0 Å².